The molecule has 10 heavy (non-hydrogen) atoms. The van der Waals surface area contributed by atoms with Crippen LogP contribution in [-0.4, -0.2) is 12.6 Å². The lowest BCUT2D eigenvalue weighted by Gasteiger charge is -1.94. The average Bonchev–Trinajstić information content (AvgIpc) is 1.88. The Morgan fingerprint density at radius 2 is 2.40 bits per heavy atom. The fourth-order valence-electron chi connectivity index (χ4n) is 0.402. The van der Waals surface area contributed by atoms with Crippen molar-refractivity contribution in [2.24, 2.45) is 0 Å². The van der Waals surface area contributed by atoms with Gasteiger partial charge < -0.3 is 4.74 Å². The van der Waals surface area contributed by atoms with E-state index in [4.69, 9.17) is 6.42 Å². The molecule has 0 aliphatic carbocycles. The summed E-state index contributed by atoms with van der Waals surface area (Å²) in [5, 5.41) is 0. The highest BCUT2D eigenvalue weighted by Gasteiger charge is 1.93. The number of ether oxygens (including phenoxy) is 1. The summed E-state index contributed by atoms with van der Waals surface area (Å²) in [5.41, 5.74) is 0.582. The zero-order chi connectivity index (χ0) is 7.98. The second-order valence-electron chi connectivity index (χ2n) is 1.72. The van der Waals surface area contributed by atoms with Crippen molar-refractivity contribution in [2.75, 3.05) is 6.61 Å². The highest BCUT2D eigenvalue weighted by Crippen LogP contribution is 1.89. The van der Waals surface area contributed by atoms with Gasteiger partial charge in [-0.2, -0.15) is 0 Å². The van der Waals surface area contributed by atoms with Crippen molar-refractivity contribution in [3.63, 3.8) is 0 Å². The maximum absolute atomic E-state index is 10.6. The van der Waals surface area contributed by atoms with Crippen LogP contribution in [0.25, 0.3) is 0 Å². The molecule has 0 saturated heterocycles. The van der Waals surface area contributed by atoms with E-state index >= 15 is 0 Å². The van der Waals surface area contributed by atoms with Crippen LogP contribution in [0.1, 0.15) is 13.8 Å². The highest BCUT2D eigenvalue weighted by atomic mass is 16.5. The molecule has 0 radical (unpaired) electrons. The maximum atomic E-state index is 10.6. The second-order valence-corrected chi connectivity index (χ2v) is 1.72. The van der Waals surface area contributed by atoms with Crippen molar-refractivity contribution in [3.05, 3.63) is 11.6 Å². The molecule has 0 atom stereocenters. The molecule has 0 amide bonds. The number of carbonyl (C=O) groups is 1. The van der Waals surface area contributed by atoms with E-state index in [1.54, 1.807) is 13.8 Å². The first-order chi connectivity index (χ1) is 4.70. The van der Waals surface area contributed by atoms with E-state index in [0.717, 1.165) is 0 Å². The minimum absolute atomic E-state index is 0.377. The third-order valence-electron chi connectivity index (χ3n) is 0.849. The van der Waals surface area contributed by atoms with Crippen LogP contribution < -0.4 is 0 Å². The van der Waals surface area contributed by atoms with Crippen LogP contribution in [0.2, 0.25) is 0 Å². The predicted molar refractivity (Wildman–Crippen MR) is 39.2 cm³/mol. The third-order valence-corrected chi connectivity index (χ3v) is 0.849. The van der Waals surface area contributed by atoms with E-state index in [-0.39, 0.29) is 5.97 Å². The molecule has 0 spiro atoms. The summed E-state index contributed by atoms with van der Waals surface area (Å²) in [6.45, 7) is 3.81. The topological polar surface area (TPSA) is 26.3 Å². The molecule has 0 aliphatic heterocycles. The highest BCUT2D eigenvalue weighted by molar-refractivity contribution is 5.83. The lowest BCUT2D eigenvalue weighted by atomic mass is 10.3. The summed E-state index contributed by atoms with van der Waals surface area (Å²) < 4.78 is 4.60. The smallest absolute Gasteiger partial charge is 0.331 e. The first kappa shape index (κ1) is 8.77. The van der Waals surface area contributed by atoms with Gasteiger partial charge in [0.05, 0.1) is 6.61 Å². The summed E-state index contributed by atoms with van der Waals surface area (Å²) in [5.74, 6) is 1.94. The summed E-state index contributed by atoms with van der Waals surface area (Å²) >= 11 is 0. The number of terminal acetylenes is 1. The molecule has 0 fully saturated rings. The number of allylic oxidation sites excluding steroid dienone is 1. The molecule has 2 nitrogen and oxygen atoms in total. The molecule has 0 aromatic rings. The summed E-state index contributed by atoms with van der Waals surface area (Å²) in [6.07, 6.45) is 6.29. The Labute approximate surface area is 60.9 Å². The summed E-state index contributed by atoms with van der Waals surface area (Å²) in [6, 6.07) is 0. The van der Waals surface area contributed by atoms with Gasteiger partial charge in [-0.25, -0.2) is 4.79 Å². The number of carbonyl (C=O) groups excluding carboxylic acids is 1. The first-order valence-electron chi connectivity index (χ1n) is 3.02. The SMILES string of the molecule is C#C/C(C)=C/C(=O)OCC. The van der Waals surface area contributed by atoms with Gasteiger partial charge in [0.15, 0.2) is 0 Å². The van der Waals surface area contributed by atoms with Crippen LogP contribution in [0.15, 0.2) is 11.6 Å². The van der Waals surface area contributed by atoms with Gasteiger partial charge in [-0.05, 0) is 13.8 Å². The molecule has 0 heterocycles. The van der Waals surface area contributed by atoms with Gasteiger partial charge in [0.25, 0.3) is 0 Å². The Hall–Kier alpha value is -1.23. The van der Waals surface area contributed by atoms with Gasteiger partial charge in [0, 0.05) is 11.6 Å². The lowest BCUT2D eigenvalue weighted by molar-refractivity contribution is -0.137. The molecule has 0 unspecified atom stereocenters. The van der Waals surface area contributed by atoms with Crippen LogP contribution in [0.4, 0.5) is 0 Å². The molecule has 0 N–H and O–H groups in total. The average molecular weight is 138 g/mol. The number of hydrogen-bond acceptors (Lipinski definition) is 2. The Morgan fingerprint density at radius 1 is 1.80 bits per heavy atom. The second kappa shape index (κ2) is 4.63. The molecular formula is C8H10O2. The molecule has 0 saturated carbocycles. The zero-order valence-corrected chi connectivity index (χ0v) is 6.18. The minimum atomic E-state index is -0.377. The Balaban J connectivity index is 3.90. The van der Waals surface area contributed by atoms with Gasteiger partial charge in [-0.3, -0.25) is 0 Å². The largest absolute Gasteiger partial charge is 0.463 e. The molecule has 0 bridgehead atoms. The maximum Gasteiger partial charge on any atom is 0.331 e. The Morgan fingerprint density at radius 3 is 2.80 bits per heavy atom. The summed E-state index contributed by atoms with van der Waals surface area (Å²) in [7, 11) is 0. The van der Waals surface area contributed by atoms with Crippen LogP contribution in [0, 0.1) is 12.3 Å². The number of esters is 1. The van der Waals surface area contributed by atoms with E-state index in [1.807, 2.05) is 0 Å². The van der Waals surface area contributed by atoms with Crippen molar-refractivity contribution < 1.29 is 9.53 Å². The minimum Gasteiger partial charge on any atom is -0.463 e. The van der Waals surface area contributed by atoms with E-state index < -0.39 is 0 Å². The van der Waals surface area contributed by atoms with E-state index in [2.05, 4.69) is 10.7 Å². The van der Waals surface area contributed by atoms with Gasteiger partial charge in [-0.1, -0.05) is 5.92 Å². The van der Waals surface area contributed by atoms with Crippen LogP contribution >= 0.6 is 0 Å². The summed E-state index contributed by atoms with van der Waals surface area (Å²) in [4.78, 5) is 10.6. The molecule has 0 rings (SSSR count). The van der Waals surface area contributed by atoms with Crippen molar-refractivity contribution in [1.82, 2.24) is 0 Å². The Bertz CT molecular complexity index is 184. The van der Waals surface area contributed by atoms with Crippen molar-refractivity contribution >= 4 is 5.97 Å². The van der Waals surface area contributed by atoms with Gasteiger partial charge in [0.1, 0.15) is 0 Å². The monoisotopic (exact) mass is 138 g/mol. The van der Waals surface area contributed by atoms with Crippen molar-refractivity contribution in [1.29, 1.82) is 0 Å². The van der Waals surface area contributed by atoms with Crippen molar-refractivity contribution in [2.45, 2.75) is 13.8 Å². The number of rotatable bonds is 2. The van der Waals surface area contributed by atoms with E-state index in [0.29, 0.717) is 12.2 Å². The van der Waals surface area contributed by atoms with Gasteiger partial charge >= 0.3 is 5.97 Å². The third kappa shape index (κ3) is 3.73. The molecule has 2 heteroatoms. The molecule has 0 aromatic carbocycles. The molecule has 54 valence electrons. The van der Waals surface area contributed by atoms with E-state index in [1.165, 1.54) is 6.08 Å². The predicted octanol–water partition coefficient (Wildman–Crippen LogP) is 1.13. The van der Waals surface area contributed by atoms with Gasteiger partial charge in [-0.15, -0.1) is 6.42 Å². The molecule has 0 aliphatic rings. The van der Waals surface area contributed by atoms with Crippen LogP contribution in [-0.2, 0) is 9.53 Å². The van der Waals surface area contributed by atoms with Crippen molar-refractivity contribution in [3.8, 4) is 12.3 Å². The van der Waals surface area contributed by atoms with Crippen LogP contribution in [0.3, 0.4) is 0 Å². The number of hydrogen-bond donors (Lipinski definition) is 0. The quantitative estimate of drug-likeness (QED) is 0.325. The Kier molecular flexibility index (Phi) is 4.06. The molecule has 0 aromatic heterocycles. The molecular weight excluding hydrogens is 128 g/mol. The van der Waals surface area contributed by atoms with Crippen LogP contribution in [0.5, 0.6) is 0 Å². The first-order valence-corrected chi connectivity index (χ1v) is 3.02. The fraction of sp³-hybridized carbons (Fsp3) is 0.375. The standard InChI is InChI=1S/C8H10O2/c1-4-7(3)6-8(9)10-5-2/h1,6H,5H2,2-3H3/b7-6+. The lowest BCUT2D eigenvalue weighted by Crippen LogP contribution is -1.99. The zero-order valence-electron chi connectivity index (χ0n) is 6.18. The normalized spacial score (nSPS) is 10.3. The van der Waals surface area contributed by atoms with Gasteiger partial charge in [0.2, 0.25) is 0 Å². The fourth-order valence-corrected chi connectivity index (χ4v) is 0.402. The van der Waals surface area contributed by atoms with E-state index in [9.17, 15) is 4.79 Å².